The molecule has 2 aliphatic rings. The van der Waals surface area contributed by atoms with Crippen molar-refractivity contribution in [3.05, 3.63) is 18.3 Å². The number of hydrogen-bond acceptors (Lipinski definition) is 4. The minimum Gasteiger partial charge on any atom is -0.349 e. The third kappa shape index (κ3) is 1.55. The largest absolute Gasteiger partial charge is 0.349 e. The number of anilines is 1. The molecule has 1 N–H and O–H groups in total. The molecule has 2 aliphatic heterocycles. The maximum Gasteiger partial charge on any atom is 0.244 e. The molecule has 5 nitrogen and oxygen atoms in total. The number of fused-ring (bicyclic) bond motifs is 3. The van der Waals surface area contributed by atoms with Gasteiger partial charge in [-0.25, -0.2) is 18.1 Å². The van der Waals surface area contributed by atoms with Gasteiger partial charge in [0.15, 0.2) is 0 Å². The van der Waals surface area contributed by atoms with Crippen molar-refractivity contribution in [3.8, 4) is 0 Å². The van der Waals surface area contributed by atoms with Crippen LogP contribution in [0, 0.1) is 0 Å². The first-order chi connectivity index (χ1) is 8.03. The number of nitrogens with zero attached hydrogens (tertiary/aromatic N) is 2. The van der Waals surface area contributed by atoms with Crippen LogP contribution in [0.15, 0.2) is 23.2 Å². The zero-order valence-corrected chi connectivity index (χ0v) is 10.5. The van der Waals surface area contributed by atoms with Crippen molar-refractivity contribution in [2.75, 3.05) is 18.0 Å². The first kappa shape index (κ1) is 11.0. The molecule has 0 radical (unpaired) electrons. The lowest BCUT2D eigenvalue weighted by atomic mass is 9.99. The minimum atomic E-state index is -3.41. The lowest BCUT2D eigenvalue weighted by Crippen LogP contribution is -2.47. The average Bonchev–Trinajstić information content (AvgIpc) is 2.66. The van der Waals surface area contributed by atoms with Crippen molar-refractivity contribution in [3.63, 3.8) is 0 Å². The van der Waals surface area contributed by atoms with Crippen LogP contribution in [0.3, 0.4) is 0 Å². The molecule has 92 valence electrons. The van der Waals surface area contributed by atoms with Crippen LogP contribution in [0.4, 0.5) is 5.82 Å². The van der Waals surface area contributed by atoms with E-state index in [2.05, 4.69) is 21.5 Å². The van der Waals surface area contributed by atoms with Gasteiger partial charge in [0.1, 0.15) is 10.7 Å². The molecule has 0 unspecified atom stereocenters. The van der Waals surface area contributed by atoms with E-state index in [0.717, 1.165) is 19.4 Å². The molecule has 0 aliphatic carbocycles. The molecule has 1 atom stereocenters. The standard InChI is InChI=1S/C11H15N3O2S/c1-11-5-3-7-14(11)10-9(4-2-6-12-10)17(15,16)13-8-11/h2,4,6,13H,3,5,7-8H2,1H3/t11-/m1/s1. The molecule has 3 rings (SSSR count). The topological polar surface area (TPSA) is 62.3 Å². The minimum absolute atomic E-state index is 0.146. The molecule has 1 saturated heterocycles. The number of hydrogen-bond donors (Lipinski definition) is 1. The van der Waals surface area contributed by atoms with Gasteiger partial charge >= 0.3 is 0 Å². The summed E-state index contributed by atoms with van der Waals surface area (Å²) in [6.45, 7) is 3.41. The molecule has 1 aromatic heterocycles. The summed E-state index contributed by atoms with van der Waals surface area (Å²) < 4.78 is 26.9. The lowest BCUT2D eigenvalue weighted by molar-refractivity contribution is 0.460. The van der Waals surface area contributed by atoms with Crippen LogP contribution in [-0.4, -0.2) is 32.0 Å². The molecule has 0 spiro atoms. The second-order valence-electron chi connectivity index (χ2n) is 4.90. The molecule has 0 amide bonds. The summed E-state index contributed by atoms with van der Waals surface area (Å²) in [5, 5.41) is 0. The monoisotopic (exact) mass is 253 g/mol. The van der Waals surface area contributed by atoms with Gasteiger partial charge in [0.2, 0.25) is 10.0 Å². The molecule has 1 aromatic rings. The van der Waals surface area contributed by atoms with Crippen LogP contribution < -0.4 is 9.62 Å². The number of aromatic nitrogens is 1. The van der Waals surface area contributed by atoms with Crippen LogP contribution in [0.1, 0.15) is 19.8 Å². The van der Waals surface area contributed by atoms with Crippen LogP contribution in [0.5, 0.6) is 0 Å². The van der Waals surface area contributed by atoms with Gasteiger partial charge < -0.3 is 4.90 Å². The van der Waals surface area contributed by atoms with Crippen molar-refractivity contribution in [1.29, 1.82) is 0 Å². The highest BCUT2D eigenvalue weighted by Gasteiger charge is 2.43. The van der Waals surface area contributed by atoms with Crippen LogP contribution in [-0.2, 0) is 10.0 Å². The summed E-state index contributed by atoms with van der Waals surface area (Å²) in [7, 11) is -3.41. The Labute approximate surface area is 101 Å². The number of sulfonamides is 1. The summed E-state index contributed by atoms with van der Waals surface area (Å²) in [6.07, 6.45) is 3.72. The Kier molecular flexibility index (Phi) is 2.21. The summed E-state index contributed by atoms with van der Waals surface area (Å²) in [4.78, 5) is 6.69. The molecular formula is C11H15N3O2S. The summed E-state index contributed by atoms with van der Waals surface area (Å²) in [6, 6.07) is 3.28. The zero-order valence-electron chi connectivity index (χ0n) is 9.68. The van der Waals surface area contributed by atoms with Crippen LogP contribution in [0.25, 0.3) is 0 Å². The second kappa shape index (κ2) is 3.43. The maximum atomic E-state index is 12.1. The fourth-order valence-electron chi connectivity index (χ4n) is 2.69. The van der Waals surface area contributed by atoms with E-state index in [1.807, 2.05) is 0 Å². The SMILES string of the molecule is C[C@]12CCCN1c1ncccc1S(=O)(=O)NC2. The molecule has 0 saturated carbocycles. The van der Waals surface area contributed by atoms with Crippen molar-refractivity contribution < 1.29 is 8.42 Å². The molecule has 0 aromatic carbocycles. The Morgan fingerprint density at radius 1 is 1.53 bits per heavy atom. The predicted molar refractivity (Wildman–Crippen MR) is 64.4 cm³/mol. The van der Waals surface area contributed by atoms with Gasteiger partial charge in [-0.3, -0.25) is 0 Å². The first-order valence-corrected chi connectivity index (χ1v) is 7.24. The Morgan fingerprint density at radius 2 is 2.35 bits per heavy atom. The maximum absolute atomic E-state index is 12.1. The highest BCUT2D eigenvalue weighted by atomic mass is 32.2. The second-order valence-corrected chi connectivity index (χ2v) is 6.64. The van der Waals surface area contributed by atoms with Gasteiger partial charge in [-0.2, -0.15) is 0 Å². The zero-order chi connectivity index (χ0) is 12.1. The Morgan fingerprint density at radius 3 is 3.18 bits per heavy atom. The van der Waals surface area contributed by atoms with E-state index in [1.54, 1.807) is 18.3 Å². The van der Waals surface area contributed by atoms with Gasteiger partial charge in [0.05, 0.1) is 5.54 Å². The van der Waals surface area contributed by atoms with Gasteiger partial charge in [-0.1, -0.05) is 0 Å². The quantitative estimate of drug-likeness (QED) is 0.740. The predicted octanol–water partition coefficient (Wildman–Crippen LogP) is 0.732. The van der Waals surface area contributed by atoms with Gasteiger partial charge in [0.25, 0.3) is 0 Å². The van der Waals surface area contributed by atoms with E-state index >= 15 is 0 Å². The van der Waals surface area contributed by atoms with E-state index in [-0.39, 0.29) is 5.54 Å². The van der Waals surface area contributed by atoms with Crippen molar-refractivity contribution >= 4 is 15.8 Å². The lowest BCUT2D eigenvalue weighted by Gasteiger charge is -2.34. The van der Waals surface area contributed by atoms with Gasteiger partial charge in [-0.05, 0) is 31.9 Å². The number of rotatable bonds is 0. The highest BCUT2D eigenvalue weighted by molar-refractivity contribution is 7.89. The fourth-order valence-corrected chi connectivity index (χ4v) is 4.01. The van der Waals surface area contributed by atoms with Gasteiger partial charge in [-0.15, -0.1) is 0 Å². The van der Waals surface area contributed by atoms with Gasteiger partial charge in [0, 0.05) is 19.3 Å². The van der Waals surface area contributed by atoms with E-state index in [1.165, 1.54) is 0 Å². The smallest absolute Gasteiger partial charge is 0.244 e. The highest BCUT2D eigenvalue weighted by Crippen LogP contribution is 2.37. The average molecular weight is 253 g/mol. The van der Waals surface area contributed by atoms with Crippen molar-refractivity contribution in [2.45, 2.75) is 30.2 Å². The van der Waals surface area contributed by atoms with Crippen molar-refractivity contribution in [1.82, 2.24) is 9.71 Å². The third-order valence-electron chi connectivity index (χ3n) is 3.69. The third-order valence-corrected chi connectivity index (χ3v) is 5.11. The Hall–Kier alpha value is -1.14. The van der Waals surface area contributed by atoms with E-state index in [0.29, 0.717) is 17.3 Å². The summed E-state index contributed by atoms with van der Waals surface area (Å²) in [5.41, 5.74) is -0.146. The molecule has 3 heterocycles. The van der Waals surface area contributed by atoms with E-state index in [9.17, 15) is 8.42 Å². The molecule has 17 heavy (non-hydrogen) atoms. The van der Waals surface area contributed by atoms with Crippen LogP contribution >= 0.6 is 0 Å². The molecule has 1 fully saturated rings. The molecule has 0 bridgehead atoms. The Bertz CT molecular complexity index is 558. The molecular weight excluding hydrogens is 238 g/mol. The molecule has 6 heteroatoms. The van der Waals surface area contributed by atoms with Crippen LogP contribution in [0.2, 0.25) is 0 Å². The Balaban J connectivity index is 2.24. The van der Waals surface area contributed by atoms with E-state index < -0.39 is 10.0 Å². The normalized spacial score (nSPS) is 30.5. The summed E-state index contributed by atoms with van der Waals surface area (Å²) >= 11 is 0. The number of nitrogens with one attached hydrogen (secondary N) is 1. The fraction of sp³-hybridized carbons (Fsp3) is 0.545. The van der Waals surface area contributed by atoms with E-state index in [4.69, 9.17) is 0 Å². The summed E-state index contributed by atoms with van der Waals surface area (Å²) in [5.74, 6) is 0.595. The first-order valence-electron chi connectivity index (χ1n) is 5.75. The number of pyridine rings is 1. The van der Waals surface area contributed by atoms with Crippen molar-refractivity contribution in [2.24, 2.45) is 0 Å².